The zero-order chi connectivity index (χ0) is 32.3. The van der Waals surface area contributed by atoms with E-state index in [-0.39, 0.29) is 24.1 Å². The number of aromatic amines is 1. The van der Waals surface area contributed by atoms with E-state index in [0.29, 0.717) is 38.2 Å². The van der Waals surface area contributed by atoms with Gasteiger partial charge >= 0.3 is 11.7 Å². The summed E-state index contributed by atoms with van der Waals surface area (Å²) in [5.41, 5.74) is 3.19. The highest BCUT2D eigenvalue weighted by Crippen LogP contribution is 2.40. The Bertz CT molecular complexity index is 1770. The highest BCUT2D eigenvalue weighted by Gasteiger charge is 2.53. The highest BCUT2D eigenvalue weighted by atomic mass is 16.5. The molecule has 240 valence electrons. The number of H-pyrrole nitrogens is 1. The van der Waals surface area contributed by atoms with Crippen molar-refractivity contribution in [1.82, 2.24) is 24.3 Å². The number of nitrogens with one attached hydrogen (secondary N) is 1. The molecule has 11 nitrogen and oxygen atoms in total. The van der Waals surface area contributed by atoms with Gasteiger partial charge in [0.05, 0.1) is 23.3 Å². The van der Waals surface area contributed by atoms with E-state index < -0.39 is 11.5 Å². The van der Waals surface area contributed by atoms with Gasteiger partial charge in [-0.25, -0.2) is 9.59 Å². The van der Waals surface area contributed by atoms with Gasteiger partial charge < -0.3 is 29.3 Å². The first-order valence-electron chi connectivity index (χ1n) is 15.7. The van der Waals surface area contributed by atoms with Gasteiger partial charge in [0, 0.05) is 46.0 Å². The molecule has 0 bridgehead atoms. The number of ether oxygens (including phenoxy) is 1. The van der Waals surface area contributed by atoms with Crippen LogP contribution in [0.5, 0.6) is 0 Å². The van der Waals surface area contributed by atoms with Gasteiger partial charge in [0.25, 0.3) is 5.91 Å². The molecule has 2 amide bonds. The minimum absolute atomic E-state index is 0.0872. The van der Waals surface area contributed by atoms with Crippen LogP contribution in [0, 0.1) is 0 Å². The van der Waals surface area contributed by atoms with Crippen LogP contribution in [-0.2, 0) is 27.4 Å². The molecule has 11 heteroatoms. The first-order valence-corrected chi connectivity index (χ1v) is 15.7. The Morgan fingerprint density at radius 1 is 0.913 bits per heavy atom. The van der Waals surface area contributed by atoms with Crippen LogP contribution < -0.4 is 10.6 Å². The van der Waals surface area contributed by atoms with Gasteiger partial charge in [-0.3, -0.25) is 14.2 Å². The summed E-state index contributed by atoms with van der Waals surface area (Å²) in [4.78, 5) is 62.1. The standard InChI is InChI=1S/C35H40N6O5/c1-37(2)31(42)24-46-32(43)27-11-8-10-26(22-27)23-39-25-41(28-12-4-3-5-13-28)35(33(39)44)16-20-38(21-17-35)18-9-19-40-30-15-7-6-14-29(30)36-34(40)45/h3-8,10-15,22H,9,16-21,23-25H2,1-2H3,(H,36,45). The number of imidazole rings is 1. The first-order chi connectivity index (χ1) is 22.2. The molecule has 0 atom stereocenters. The molecule has 4 aromatic rings. The molecule has 2 aliphatic rings. The number of likely N-dealkylation sites (N-methyl/N-ethyl adjacent to an activating group) is 1. The molecule has 3 heterocycles. The number of hydrogen-bond acceptors (Lipinski definition) is 7. The molecule has 1 N–H and O–H groups in total. The number of anilines is 1. The summed E-state index contributed by atoms with van der Waals surface area (Å²) in [5.74, 6) is -0.783. The summed E-state index contributed by atoms with van der Waals surface area (Å²) in [5, 5.41) is 0. The molecule has 46 heavy (non-hydrogen) atoms. The number of rotatable bonds is 10. The second kappa shape index (κ2) is 13.2. The first kappa shape index (κ1) is 31.1. The zero-order valence-corrected chi connectivity index (χ0v) is 26.4. The van der Waals surface area contributed by atoms with Crippen molar-refractivity contribution in [3.8, 4) is 0 Å². The van der Waals surface area contributed by atoms with Crippen LogP contribution in [0.1, 0.15) is 35.2 Å². The third-order valence-corrected chi connectivity index (χ3v) is 9.16. The Hall–Kier alpha value is -4.90. The Kier molecular flexibility index (Phi) is 8.94. The van der Waals surface area contributed by atoms with Crippen molar-refractivity contribution in [2.75, 3.05) is 51.9 Å². The lowest BCUT2D eigenvalue weighted by atomic mass is 9.85. The summed E-state index contributed by atoms with van der Waals surface area (Å²) >= 11 is 0. The zero-order valence-electron chi connectivity index (χ0n) is 26.4. The summed E-state index contributed by atoms with van der Waals surface area (Å²) in [6.07, 6.45) is 2.21. The van der Waals surface area contributed by atoms with Crippen molar-refractivity contribution in [3.05, 3.63) is 100 Å². The number of hydrogen-bond donors (Lipinski definition) is 1. The Morgan fingerprint density at radius 2 is 1.65 bits per heavy atom. The van der Waals surface area contributed by atoms with Gasteiger partial charge in [0.15, 0.2) is 6.61 Å². The number of esters is 1. The maximum absolute atomic E-state index is 14.3. The molecule has 0 saturated carbocycles. The van der Waals surface area contributed by atoms with Crippen LogP contribution in [-0.4, -0.2) is 94.6 Å². The minimum Gasteiger partial charge on any atom is -0.452 e. The lowest BCUT2D eigenvalue weighted by molar-refractivity contribution is -0.134. The maximum Gasteiger partial charge on any atom is 0.338 e. The average Bonchev–Trinajstić information content (AvgIpc) is 3.53. The van der Waals surface area contributed by atoms with Gasteiger partial charge in [-0.05, 0) is 67.8 Å². The van der Waals surface area contributed by atoms with Crippen molar-refractivity contribution >= 4 is 34.5 Å². The number of nitrogens with zero attached hydrogens (tertiary/aromatic N) is 5. The number of carbonyl (C=O) groups is 3. The fraction of sp³-hybridized carbons (Fsp3) is 0.371. The quantitative estimate of drug-likeness (QED) is 0.270. The van der Waals surface area contributed by atoms with E-state index in [2.05, 4.69) is 26.9 Å². The number of fused-ring (bicyclic) bond motifs is 1. The van der Waals surface area contributed by atoms with E-state index >= 15 is 0 Å². The molecule has 2 fully saturated rings. The Morgan fingerprint density at radius 3 is 2.41 bits per heavy atom. The second-order valence-electron chi connectivity index (χ2n) is 12.3. The Labute approximate surface area is 267 Å². The van der Waals surface area contributed by atoms with Crippen LogP contribution in [0.4, 0.5) is 5.69 Å². The number of amides is 2. The smallest absolute Gasteiger partial charge is 0.338 e. The summed E-state index contributed by atoms with van der Waals surface area (Å²) in [7, 11) is 3.21. The van der Waals surface area contributed by atoms with E-state index in [0.717, 1.165) is 48.3 Å². The number of carbonyl (C=O) groups excluding carboxylic acids is 3. The predicted molar refractivity (Wildman–Crippen MR) is 175 cm³/mol. The van der Waals surface area contributed by atoms with E-state index in [1.165, 1.54) is 4.90 Å². The van der Waals surface area contributed by atoms with Gasteiger partial charge in [0.1, 0.15) is 5.54 Å². The summed E-state index contributed by atoms with van der Waals surface area (Å²) in [6, 6.07) is 24.9. The largest absolute Gasteiger partial charge is 0.452 e. The van der Waals surface area contributed by atoms with Crippen LogP contribution in [0.25, 0.3) is 11.0 Å². The van der Waals surface area contributed by atoms with Gasteiger partial charge in [-0.15, -0.1) is 0 Å². The molecule has 6 rings (SSSR count). The number of para-hydroxylation sites is 3. The molecular formula is C35H40N6O5. The lowest BCUT2D eigenvalue weighted by Crippen LogP contribution is -2.56. The van der Waals surface area contributed by atoms with Crippen LogP contribution in [0.2, 0.25) is 0 Å². The summed E-state index contributed by atoms with van der Waals surface area (Å²) < 4.78 is 7.00. The predicted octanol–water partition coefficient (Wildman–Crippen LogP) is 3.31. The molecule has 3 aromatic carbocycles. The molecule has 1 aromatic heterocycles. The van der Waals surface area contributed by atoms with E-state index in [9.17, 15) is 19.2 Å². The van der Waals surface area contributed by atoms with Crippen LogP contribution in [0.15, 0.2) is 83.7 Å². The molecule has 0 radical (unpaired) electrons. The Balaban J connectivity index is 1.12. The number of aromatic nitrogens is 2. The second-order valence-corrected chi connectivity index (χ2v) is 12.3. The van der Waals surface area contributed by atoms with E-state index in [1.54, 1.807) is 36.9 Å². The van der Waals surface area contributed by atoms with Gasteiger partial charge in [0.2, 0.25) is 5.91 Å². The number of aryl methyl sites for hydroxylation is 1. The highest BCUT2D eigenvalue weighted by molar-refractivity contribution is 5.94. The van der Waals surface area contributed by atoms with E-state index in [4.69, 9.17) is 4.74 Å². The normalized spacial score (nSPS) is 16.3. The number of piperidine rings is 1. The monoisotopic (exact) mass is 624 g/mol. The van der Waals surface area contributed by atoms with E-state index in [1.807, 2.05) is 53.4 Å². The molecule has 2 saturated heterocycles. The van der Waals surface area contributed by atoms with Crippen molar-refractivity contribution < 1.29 is 19.1 Å². The molecular weight excluding hydrogens is 584 g/mol. The SMILES string of the molecule is CN(C)C(=O)COC(=O)c1cccc(CN2CN(c3ccccc3)C3(CCN(CCCn4c(=O)[nH]c5ccccc54)CC3)C2=O)c1. The van der Waals surface area contributed by atoms with Crippen LogP contribution in [0.3, 0.4) is 0 Å². The minimum atomic E-state index is -0.658. The average molecular weight is 625 g/mol. The van der Waals surface area contributed by atoms with Crippen molar-refractivity contribution in [2.24, 2.45) is 0 Å². The topological polar surface area (TPSA) is 111 Å². The molecule has 2 aliphatic heterocycles. The summed E-state index contributed by atoms with van der Waals surface area (Å²) in [6.45, 7) is 3.49. The third kappa shape index (κ3) is 6.28. The van der Waals surface area contributed by atoms with Gasteiger partial charge in [-0.1, -0.05) is 42.5 Å². The number of benzene rings is 3. The fourth-order valence-corrected chi connectivity index (χ4v) is 6.61. The number of likely N-dealkylation sites (tertiary alicyclic amines) is 1. The van der Waals surface area contributed by atoms with Crippen molar-refractivity contribution in [2.45, 2.75) is 37.9 Å². The fourth-order valence-electron chi connectivity index (χ4n) is 6.61. The van der Waals surface area contributed by atoms with Crippen molar-refractivity contribution in [3.63, 3.8) is 0 Å². The molecule has 0 aliphatic carbocycles. The molecule has 0 unspecified atom stereocenters. The maximum atomic E-state index is 14.3. The molecule has 1 spiro atoms. The van der Waals surface area contributed by atoms with Gasteiger partial charge in [-0.2, -0.15) is 0 Å². The third-order valence-electron chi connectivity index (χ3n) is 9.16. The van der Waals surface area contributed by atoms with Crippen molar-refractivity contribution in [1.29, 1.82) is 0 Å². The van der Waals surface area contributed by atoms with Crippen LogP contribution >= 0.6 is 0 Å². The lowest BCUT2D eigenvalue weighted by Gasteiger charge is -2.43.